The SMILES string of the molecule is CCC(C#N)S(=O)(=O)Nc1cc([N+](=O)[O-])ccc1Br. The topological polar surface area (TPSA) is 113 Å². The molecule has 102 valence electrons. The molecule has 0 aliphatic heterocycles. The highest BCUT2D eigenvalue weighted by molar-refractivity contribution is 9.10. The zero-order valence-electron chi connectivity index (χ0n) is 9.83. The minimum atomic E-state index is -3.90. The molecule has 1 aromatic carbocycles. The van der Waals surface area contributed by atoms with E-state index in [0.717, 1.165) is 6.07 Å². The van der Waals surface area contributed by atoms with Gasteiger partial charge < -0.3 is 0 Å². The number of sulfonamides is 1. The van der Waals surface area contributed by atoms with Crippen LogP contribution < -0.4 is 4.72 Å². The van der Waals surface area contributed by atoms with Gasteiger partial charge in [-0.1, -0.05) is 6.92 Å². The molecule has 0 amide bonds. The monoisotopic (exact) mass is 347 g/mol. The number of nitrogens with one attached hydrogen (secondary N) is 1. The van der Waals surface area contributed by atoms with Crippen molar-refractivity contribution in [2.24, 2.45) is 0 Å². The van der Waals surface area contributed by atoms with Crippen LogP contribution in [0.25, 0.3) is 0 Å². The summed E-state index contributed by atoms with van der Waals surface area (Å²) in [6.07, 6.45) is 0.123. The summed E-state index contributed by atoms with van der Waals surface area (Å²) in [4.78, 5) is 10.0. The van der Waals surface area contributed by atoms with Crippen LogP contribution in [0.3, 0.4) is 0 Å². The second-order valence-corrected chi connectivity index (χ2v) is 6.31. The molecular formula is C10H10BrN3O4S. The molecule has 1 aromatic rings. The molecule has 0 radical (unpaired) electrons. The quantitative estimate of drug-likeness (QED) is 0.648. The van der Waals surface area contributed by atoms with Gasteiger partial charge in [-0.2, -0.15) is 5.26 Å². The van der Waals surface area contributed by atoms with Crippen LogP contribution in [-0.4, -0.2) is 18.6 Å². The Hall–Kier alpha value is -1.66. The van der Waals surface area contributed by atoms with E-state index < -0.39 is 20.2 Å². The van der Waals surface area contributed by atoms with E-state index in [-0.39, 0.29) is 17.8 Å². The van der Waals surface area contributed by atoms with E-state index in [4.69, 9.17) is 5.26 Å². The zero-order chi connectivity index (χ0) is 14.6. The van der Waals surface area contributed by atoms with Crippen molar-refractivity contribution in [3.8, 4) is 6.07 Å². The highest BCUT2D eigenvalue weighted by atomic mass is 79.9. The lowest BCUT2D eigenvalue weighted by molar-refractivity contribution is -0.384. The predicted octanol–water partition coefficient (Wildman–Crippen LogP) is 2.40. The first-order chi connectivity index (χ1) is 8.81. The second kappa shape index (κ2) is 5.99. The van der Waals surface area contributed by atoms with E-state index in [0.29, 0.717) is 4.47 Å². The Bertz CT molecular complexity index is 639. The minimum Gasteiger partial charge on any atom is -0.281 e. The molecule has 0 saturated heterocycles. The molecule has 9 heteroatoms. The first kappa shape index (κ1) is 15.4. The number of rotatable bonds is 5. The maximum absolute atomic E-state index is 11.9. The fraction of sp³-hybridized carbons (Fsp3) is 0.300. The molecule has 0 aliphatic carbocycles. The maximum Gasteiger partial charge on any atom is 0.271 e. The molecule has 1 rings (SSSR count). The van der Waals surface area contributed by atoms with Crippen LogP contribution in [0.1, 0.15) is 13.3 Å². The summed E-state index contributed by atoms with van der Waals surface area (Å²) in [6.45, 7) is 1.57. The van der Waals surface area contributed by atoms with Crippen LogP contribution in [0.5, 0.6) is 0 Å². The second-order valence-electron chi connectivity index (χ2n) is 3.59. The van der Waals surface area contributed by atoms with Gasteiger partial charge in [0.2, 0.25) is 10.0 Å². The smallest absolute Gasteiger partial charge is 0.271 e. The number of hydrogen-bond donors (Lipinski definition) is 1. The third-order valence-corrected chi connectivity index (χ3v) is 4.69. The molecule has 0 bridgehead atoms. The normalized spacial score (nSPS) is 12.5. The van der Waals surface area contributed by atoms with Gasteiger partial charge in [0.15, 0.2) is 5.25 Å². The molecular weight excluding hydrogens is 338 g/mol. The van der Waals surface area contributed by atoms with Gasteiger partial charge in [0, 0.05) is 16.6 Å². The van der Waals surface area contributed by atoms with Gasteiger partial charge in [-0.3, -0.25) is 14.8 Å². The van der Waals surface area contributed by atoms with Crippen molar-refractivity contribution in [1.82, 2.24) is 0 Å². The van der Waals surface area contributed by atoms with Crippen molar-refractivity contribution >= 4 is 37.3 Å². The molecule has 7 nitrogen and oxygen atoms in total. The van der Waals surface area contributed by atoms with Crippen molar-refractivity contribution in [3.05, 3.63) is 32.8 Å². The van der Waals surface area contributed by atoms with Crippen LogP contribution in [0.15, 0.2) is 22.7 Å². The van der Waals surface area contributed by atoms with Crippen molar-refractivity contribution in [2.45, 2.75) is 18.6 Å². The fourth-order valence-corrected chi connectivity index (χ4v) is 2.98. The lowest BCUT2D eigenvalue weighted by atomic mass is 10.3. The van der Waals surface area contributed by atoms with Gasteiger partial charge in [0.1, 0.15) is 0 Å². The minimum absolute atomic E-state index is 0.0305. The van der Waals surface area contributed by atoms with Gasteiger partial charge in [-0.15, -0.1) is 0 Å². The summed E-state index contributed by atoms with van der Waals surface area (Å²) in [5.41, 5.74) is -0.214. The maximum atomic E-state index is 11.9. The largest absolute Gasteiger partial charge is 0.281 e. The Morgan fingerprint density at radius 3 is 2.68 bits per heavy atom. The number of nitrogens with zero attached hydrogens (tertiary/aromatic N) is 2. The molecule has 0 aromatic heterocycles. The third-order valence-electron chi connectivity index (χ3n) is 2.30. The van der Waals surface area contributed by atoms with Gasteiger partial charge in [0.05, 0.1) is 16.7 Å². The van der Waals surface area contributed by atoms with Crippen LogP contribution in [0.4, 0.5) is 11.4 Å². The molecule has 1 atom stereocenters. The standard InChI is InChI=1S/C10H10BrN3O4S/c1-2-8(6-12)19(17,18)13-10-5-7(14(15)16)3-4-9(10)11/h3-5,8,13H,2H2,1H3. The number of anilines is 1. The average molecular weight is 348 g/mol. The van der Waals surface area contributed by atoms with E-state index in [9.17, 15) is 18.5 Å². The molecule has 0 fully saturated rings. The van der Waals surface area contributed by atoms with Crippen LogP contribution in [0, 0.1) is 21.4 Å². The van der Waals surface area contributed by atoms with E-state index in [2.05, 4.69) is 20.7 Å². The van der Waals surface area contributed by atoms with Crippen molar-refractivity contribution < 1.29 is 13.3 Å². The molecule has 1 unspecified atom stereocenters. The Kier molecular flexibility index (Phi) is 4.85. The highest BCUT2D eigenvalue weighted by Gasteiger charge is 2.24. The van der Waals surface area contributed by atoms with Crippen LogP contribution in [-0.2, 0) is 10.0 Å². The Morgan fingerprint density at radius 1 is 1.58 bits per heavy atom. The van der Waals surface area contributed by atoms with E-state index in [1.807, 2.05) is 0 Å². The number of nitro benzene ring substituents is 1. The molecule has 19 heavy (non-hydrogen) atoms. The lowest BCUT2D eigenvalue weighted by Gasteiger charge is -2.12. The van der Waals surface area contributed by atoms with Crippen molar-refractivity contribution in [1.29, 1.82) is 5.26 Å². The van der Waals surface area contributed by atoms with Gasteiger partial charge in [0.25, 0.3) is 5.69 Å². The number of non-ortho nitro benzene ring substituents is 1. The average Bonchev–Trinajstić information content (AvgIpc) is 2.32. The molecule has 1 N–H and O–H groups in total. The van der Waals surface area contributed by atoms with Gasteiger partial charge in [-0.05, 0) is 28.4 Å². The Labute approximate surface area is 118 Å². The van der Waals surface area contributed by atoms with E-state index in [1.165, 1.54) is 12.1 Å². The third kappa shape index (κ3) is 3.65. The summed E-state index contributed by atoms with van der Waals surface area (Å²) >= 11 is 3.09. The molecule has 0 spiro atoms. The zero-order valence-corrected chi connectivity index (χ0v) is 12.2. The van der Waals surface area contributed by atoms with Gasteiger partial charge >= 0.3 is 0 Å². The number of hydrogen-bond acceptors (Lipinski definition) is 5. The highest BCUT2D eigenvalue weighted by Crippen LogP contribution is 2.28. The first-order valence-corrected chi connectivity index (χ1v) is 7.51. The van der Waals surface area contributed by atoms with Crippen LogP contribution in [0.2, 0.25) is 0 Å². The summed E-state index contributed by atoms with van der Waals surface area (Å²) in [5, 5.41) is 18.2. The van der Waals surface area contributed by atoms with Crippen molar-refractivity contribution in [2.75, 3.05) is 4.72 Å². The first-order valence-electron chi connectivity index (χ1n) is 5.17. The van der Waals surface area contributed by atoms with Gasteiger partial charge in [-0.25, -0.2) is 8.42 Å². The Morgan fingerprint density at radius 2 is 2.21 bits per heavy atom. The summed E-state index contributed by atoms with van der Waals surface area (Å²) in [6, 6.07) is 5.36. The number of halogens is 1. The summed E-state index contributed by atoms with van der Waals surface area (Å²) in [7, 11) is -3.90. The molecule has 0 heterocycles. The van der Waals surface area contributed by atoms with E-state index >= 15 is 0 Å². The molecule has 0 saturated carbocycles. The van der Waals surface area contributed by atoms with Crippen molar-refractivity contribution in [3.63, 3.8) is 0 Å². The number of benzene rings is 1. The van der Waals surface area contributed by atoms with E-state index in [1.54, 1.807) is 13.0 Å². The van der Waals surface area contributed by atoms with Crippen LogP contribution >= 0.6 is 15.9 Å². The predicted molar refractivity (Wildman–Crippen MR) is 73.0 cm³/mol. The summed E-state index contributed by atoms with van der Waals surface area (Å²) in [5.74, 6) is 0. The summed E-state index contributed by atoms with van der Waals surface area (Å²) < 4.78 is 26.3. The molecule has 0 aliphatic rings. The number of nitro groups is 1. The Balaban J connectivity index is 3.16. The lowest BCUT2D eigenvalue weighted by Crippen LogP contribution is -2.26. The fourth-order valence-electron chi connectivity index (χ4n) is 1.31. The number of nitriles is 1.